The van der Waals surface area contributed by atoms with E-state index in [4.69, 9.17) is 4.74 Å². The molecule has 1 aromatic heterocycles. The van der Waals surface area contributed by atoms with E-state index >= 15 is 0 Å². The molecule has 0 fully saturated rings. The summed E-state index contributed by atoms with van der Waals surface area (Å²) in [5.74, 6) is 0.147. The zero-order valence-corrected chi connectivity index (χ0v) is 16.7. The van der Waals surface area contributed by atoms with Gasteiger partial charge in [-0.05, 0) is 31.0 Å². The lowest BCUT2D eigenvalue weighted by Crippen LogP contribution is -2.26. The molecule has 11 nitrogen and oxygen atoms in total. The van der Waals surface area contributed by atoms with Crippen LogP contribution in [0.5, 0.6) is 11.5 Å². The molecule has 31 heavy (non-hydrogen) atoms. The lowest BCUT2D eigenvalue weighted by Gasteiger charge is -2.16. The highest BCUT2D eigenvalue weighted by molar-refractivity contribution is 5.94. The molecular formula is C20H19N5O6. The molecule has 0 saturated carbocycles. The van der Waals surface area contributed by atoms with Crippen molar-refractivity contribution >= 4 is 23.0 Å². The van der Waals surface area contributed by atoms with E-state index in [0.717, 1.165) is 18.0 Å². The Morgan fingerprint density at radius 3 is 2.48 bits per heavy atom. The van der Waals surface area contributed by atoms with Crippen LogP contribution in [0.3, 0.4) is 0 Å². The van der Waals surface area contributed by atoms with Crippen LogP contribution < -0.4 is 10.1 Å². The predicted molar refractivity (Wildman–Crippen MR) is 111 cm³/mol. The summed E-state index contributed by atoms with van der Waals surface area (Å²) in [4.78, 5) is 33.8. The number of carbonyl (C=O) groups is 1. The van der Waals surface area contributed by atoms with Gasteiger partial charge in [-0.2, -0.15) is 5.10 Å². The third-order valence-electron chi connectivity index (χ3n) is 4.40. The van der Waals surface area contributed by atoms with E-state index in [2.05, 4.69) is 10.4 Å². The summed E-state index contributed by atoms with van der Waals surface area (Å²) in [7, 11) is 0. The van der Waals surface area contributed by atoms with Crippen molar-refractivity contribution in [2.75, 3.05) is 5.32 Å². The summed E-state index contributed by atoms with van der Waals surface area (Å²) in [6, 6.07) is 10.2. The van der Waals surface area contributed by atoms with Crippen LogP contribution in [-0.2, 0) is 4.79 Å². The minimum Gasteiger partial charge on any atom is -0.457 e. The van der Waals surface area contributed by atoms with E-state index in [1.54, 1.807) is 25.1 Å². The normalized spacial score (nSPS) is 11.5. The molecule has 1 heterocycles. The molecule has 2 aromatic carbocycles. The van der Waals surface area contributed by atoms with Gasteiger partial charge in [0.25, 0.3) is 5.69 Å². The second kappa shape index (κ2) is 9.03. The first-order chi connectivity index (χ1) is 14.8. The van der Waals surface area contributed by atoms with Crippen LogP contribution in [-0.4, -0.2) is 25.5 Å². The van der Waals surface area contributed by atoms with Gasteiger partial charge in [-0.3, -0.25) is 29.7 Å². The molecule has 0 saturated heterocycles. The number of nitro groups is 2. The fourth-order valence-corrected chi connectivity index (χ4v) is 2.95. The summed E-state index contributed by atoms with van der Waals surface area (Å²) < 4.78 is 6.91. The Labute approximate surface area is 176 Å². The second-order valence-electron chi connectivity index (χ2n) is 6.74. The van der Waals surface area contributed by atoms with Crippen molar-refractivity contribution in [3.8, 4) is 11.5 Å². The Kier molecular flexibility index (Phi) is 6.24. The average molecular weight is 425 g/mol. The summed E-state index contributed by atoms with van der Waals surface area (Å²) in [6.07, 6.45) is 2.51. The summed E-state index contributed by atoms with van der Waals surface area (Å²) in [6.45, 7) is 3.61. The molecule has 1 unspecified atom stereocenters. The summed E-state index contributed by atoms with van der Waals surface area (Å²) in [5.41, 5.74) is 0.608. The van der Waals surface area contributed by atoms with E-state index in [-0.39, 0.29) is 22.8 Å². The predicted octanol–water partition coefficient (Wildman–Crippen LogP) is 4.39. The van der Waals surface area contributed by atoms with Crippen molar-refractivity contribution in [3.05, 3.63) is 80.7 Å². The lowest BCUT2D eigenvalue weighted by molar-refractivity contribution is -0.385. The number of non-ortho nitro benzene ring substituents is 1. The van der Waals surface area contributed by atoms with Gasteiger partial charge >= 0.3 is 5.69 Å². The highest BCUT2D eigenvalue weighted by atomic mass is 16.6. The lowest BCUT2D eigenvalue weighted by atomic mass is 10.2. The van der Waals surface area contributed by atoms with Crippen molar-refractivity contribution in [1.29, 1.82) is 0 Å². The van der Waals surface area contributed by atoms with Gasteiger partial charge in [-0.15, -0.1) is 0 Å². The molecular weight excluding hydrogens is 406 g/mol. The molecule has 3 rings (SSSR count). The number of benzene rings is 2. The first-order valence-electron chi connectivity index (χ1n) is 9.30. The Hall–Kier alpha value is -4.28. The Balaban J connectivity index is 1.86. The molecule has 0 aliphatic rings. The number of nitrogens with one attached hydrogen (secondary N) is 1. The van der Waals surface area contributed by atoms with Crippen molar-refractivity contribution < 1.29 is 19.4 Å². The van der Waals surface area contributed by atoms with Crippen molar-refractivity contribution in [1.82, 2.24) is 9.78 Å². The molecule has 11 heteroatoms. The number of nitro benzene ring substituents is 1. The Morgan fingerprint density at radius 2 is 1.87 bits per heavy atom. The van der Waals surface area contributed by atoms with Gasteiger partial charge in [0.1, 0.15) is 29.9 Å². The minimum absolute atomic E-state index is 0.155. The molecule has 0 radical (unpaired) electrons. The highest BCUT2D eigenvalue weighted by Gasteiger charge is 2.23. The van der Waals surface area contributed by atoms with Crippen LogP contribution in [0.2, 0.25) is 0 Å². The quantitative estimate of drug-likeness (QED) is 0.416. The highest BCUT2D eigenvalue weighted by Crippen LogP contribution is 2.30. The fourth-order valence-electron chi connectivity index (χ4n) is 2.95. The molecule has 160 valence electrons. The maximum absolute atomic E-state index is 12.8. The van der Waals surface area contributed by atoms with E-state index in [1.165, 1.54) is 22.9 Å². The Morgan fingerprint density at radius 1 is 1.13 bits per heavy atom. The molecule has 0 aliphatic carbocycles. The van der Waals surface area contributed by atoms with E-state index in [1.807, 2.05) is 13.0 Å². The van der Waals surface area contributed by atoms with Crippen molar-refractivity contribution in [3.63, 3.8) is 0 Å². The van der Waals surface area contributed by atoms with E-state index < -0.39 is 21.8 Å². The molecule has 1 atom stereocenters. The molecule has 1 N–H and O–H groups in total. The molecule has 3 aromatic rings. The smallest absolute Gasteiger partial charge is 0.307 e. The molecule has 0 spiro atoms. The second-order valence-corrected chi connectivity index (χ2v) is 6.74. The number of carbonyl (C=O) groups excluding carboxylic acids is 1. The average Bonchev–Trinajstić information content (AvgIpc) is 3.18. The van der Waals surface area contributed by atoms with Gasteiger partial charge < -0.3 is 10.1 Å². The first-order valence-corrected chi connectivity index (χ1v) is 9.30. The van der Waals surface area contributed by atoms with Crippen LogP contribution in [0.1, 0.15) is 24.9 Å². The maximum atomic E-state index is 12.8. The number of aryl methyl sites for hydroxylation is 1. The SMILES string of the molecule is CCC(C(=O)Nc1cc(Oc2cccc(C)c2)cc([N+](=O)[O-])c1)n1cc([N+](=O)[O-])cn1. The van der Waals surface area contributed by atoms with Crippen LogP contribution in [0, 0.1) is 27.2 Å². The minimum atomic E-state index is -0.839. The molecule has 1 amide bonds. The third kappa shape index (κ3) is 5.21. The number of rotatable bonds is 8. The van der Waals surface area contributed by atoms with Gasteiger partial charge in [0.2, 0.25) is 5.91 Å². The van der Waals surface area contributed by atoms with Crippen molar-refractivity contribution in [2.24, 2.45) is 0 Å². The molecule has 0 aliphatic heterocycles. The zero-order chi connectivity index (χ0) is 22.5. The van der Waals surface area contributed by atoms with Crippen LogP contribution in [0.15, 0.2) is 54.9 Å². The van der Waals surface area contributed by atoms with E-state index in [0.29, 0.717) is 12.2 Å². The third-order valence-corrected chi connectivity index (χ3v) is 4.40. The standard InChI is InChI=1S/C20H19N5O6/c1-3-19(23-12-16(11-21-23)25(29)30)20(26)22-14-8-15(24(27)28)10-18(9-14)31-17-6-4-5-13(2)7-17/h4-12,19H,3H2,1-2H3,(H,22,26). The first kappa shape index (κ1) is 21.4. The van der Waals surface area contributed by atoms with Gasteiger partial charge in [-0.25, -0.2) is 0 Å². The number of aromatic nitrogens is 2. The van der Waals surface area contributed by atoms with Gasteiger partial charge in [0.05, 0.1) is 21.6 Å². The summed E-state index contributed by atoms with van der Waals surface area (Å²) >= 11 is 0. The molecule has 0 bridgehead atoms. The fraction of sp³-hybridized carbons (Fsp3) is 0.200. The number of amides is 1. The number of hydrogen-bond donors (Lipinski definition) is 1. The summed E-state index contributed by atoms with van der Waals surface area (Å²) in [5, 5.41) is 28.7. The number of ether oxygens (including phenoxy) is 1. The van der Waals surface area contributed by atoms with E-state index in [9.17, 15) is 25.0 Å². The van der Waals surface area contributed by atoms with Gasteiger partial charge in [0, 0.05) is 12.1 Å². The van der Waals surface area contributed by atoms with Gasteiger partial charge in [0.15, 0.2) is 0 Å². The number of nitrogens with zero attached hydrogens (tertiary/aromatic N) is 4. The Bertz CT molecular complexity index is 1140. The van der Waals surface area contributed by atoms with Crippen LogP contribution in [0.25, 0.3) is 0 Å². The maximum Gasteiger partial charge on any atom is 0.307 e. The van der Waals surface area contributed by atoms with Gasteiger partial charge in [-0.1, -0.05) is 19.1 Å². The number of anilines is 1. The largest absolute Gasteiger partial charge is 0.457 e. The van der Waals surface area contributed by atoms with Crippen LogP contribution in [0.4, 0.5) is 17.1 Å². The topological polar surface area (TPSA) is 142 Å². The monoisotopic (exact) mass is 425 g/mol. The van der Waals surface area contributed by atoms with Crippen molar-refractivity contribution in [2.45, 2.75) is 26.3 Å². The number of hydrogen-bond acceptors (Lipinski definition) is 7. The van der Waals surface area contributed by atoms with Crippen LogP contribution >= 0.6 is 0 Å². The zero-order valence-electron chi connectivity index (χ0n) is 16.7.